The summed E-state index contributed by atoms with van der Waals surface area (Å²) in [7, 11) is 1.40. The van der Waals surface area contributed by atoms with Crippen LogP contribution in [-0.2, 0) is 14.3 Å². The smallest absolute Gasteiger partial charge is 0.308 e. The first-order chi connectivity index (χ1) is 7.71. The van der Waals surface area contributed by atoms with Crippen LogP contribution in [0.4, 0.5) is 0 Å². The summed E-state index contributed by atoms with van der Waals surface area (Å²) in [5.74, 6) is -0.215. The fraction of sp³-hybridized carbons (Fsp3) is 0.909. The van der Waals surface area contributed by atoms with Gasteiger partial charge in [0, 0.05) is 25.7 Å². The Hall–Kier alpha value is -0.650. The Morgan fingerprint density at radius 3 is 3.00 bits per heavy atom. The molecule has 2 atom stereocenters. The highest BCUT2D eigenvalue weighted by Crippen LogP contribution is 2.13. The Morgan fingerprint density at radius 2 is 2.44 bits per heavy atom. The molecule has 2 N–H and O–H groups in total. The average molecular weight is 230 g/mol. The molecule has 5 nitrogen and oxygen atoms in total. The number of rotatable bonds is 5. The Morgan fingerprint density at radius 1 is 1.69 bits per heavy atom. The van der Waals surface area contributed by atoms with Gasteiger partial charge in [0.05, 0.1) is 26.2 Å². The van der Waals surface area contributed by atoms with E-state index in [9.17, 15) is 4.79 Å². The summed E-state index contributed by atoms with van der Waals surface area (Å²) in [6.45, 7) is 5.11. The molecule has 0 saturated carbocycles. The van der Waals surface area contributed by atoms with Gasteiger partial charge in [0.15, 0.2) is 0 Å². The van der Waals surface area contributed by atoms with Crippen LogP contribution in [0.1, 0.15) is 19.8 Å². The summed E-state index contributed by atoms with van der Waals surface area (Å²) < 4.78 is 10.2. The normalized spacial score (nSPS) is 24.1. The third kappa shape index (κ3) is 3.73. The predicted octanol–water partition coefficient (Wildman–Crippen LogP) is -0.0124. The third-order valence-corrected chi connectivity index (χ3v) is 3.05. The van der Waals surface area contributed by atoms with Crippen LogP contribution >= 0.6 is 0 Å². The van der Waals surface area contributed by atoms with Gasteiger partial charge in [0.1, 0.15) is 0 Å². The first-order valence-electron chi connectivity index (χ1n) is 5.83. The molecule has 5 heteroatoms. The topological polar surface area (TPSA) is 64.8 Å². The monoisotopic (exact) mass is 230 g/mol. The Labute approximate surface area is 96.9 Å². The molecule has 0 spiro atoms. The first-order valence-corrected chi connectivity index (χ1v) is 5.83. The highest BCUT2D eigenvalue weighted by Gasteiger charge is 2.26. The van der Waals surface area contributed by atoms with Crippen LogP contribution in [-0.4, -0.2) is 56.4 Å². The summed E-state index contributed by atoms with van der Waals surface area (Å²) in [5, 5.41) is 0. The Kier molecular flexibility index (Phi) is 5.73. The second-order valence-electron chi connectivity index (χ2n) is 4.07. The molecule has 94 valence electrons. The van der Waals surface area contributed by atoms with Crippen LogP contribution < -0.4 is 5.73 Å². The van der Waals surface area contributed by atoms with Crippen molar-refractivity contribution in [1.29, 1.82) is 0 Å². The molecule has 1 aliphatic rings. The van der Waals surface area contributed by atoms with E-state index in [-0.39, 0.29) is 12.1 Å². The highest BCUT2D eigenvalue weighted by molar-refractivity contribution is 5.69. The van der Waals surface area contributed by atoms with Crippen LogP contribution in [0.2, 0.25) is 0 Å². The molecule has 0 aromatic heterocycles. The Balaban J connectivity index is 2.43. The van der Waals surface area contributed by atoms with E-state index in [0.717, 1.165) is 19.5 Å². The van der Waals surface area contributed by atoms with Gasteiger partial charge >= 0.3 is 5.97 Å². The molecule has 0 bridgehead atoms. The van der Waals surface area contributed by atoms with E-state index in [1.165, 1.54) is 7.11 Å². The second kappa shape index (κ2) is 6.83. The summed E-state index contributed by atoms with van der Waals surface area (Å²) >= 11 is 0. The van der Waals surface area contributed by atoms with Crippen molar-refractivity contribution < 1.29 is 14.3 Å². The van der Waals surface area contributed by atoms with Crippen molar-refractivity contribution in [3.8, 4) is 0 Å². The first kappa shape index (κ1) is 13.4. The van der Waals surface area contributed by atoms with Gasteiger partial charge in [-0.2, -0.15) is 0 Å². The number of ether oxygens (including phenoxy) is 2. The summed E-state index contributed by atoms with van der Waals surface area (Å²) in [6, 6.07) is 0.393. The predicted molar refractivity (Wildman–Crippen MR) is 61.1 cm³/mol. The minimum absolute atomic E-state index is 0.0539. The van der Waals surface area contributed by atoms with Crippen molar-refractivity contribution >= 4 is 5.97 Å². The number of morpholine rings is 1. The molecule has 1 saturated heterocycles. The Bertz CT molecular complexity index is 219. The summed E-state index contributed by atoms with van der Waals surface area (Å²) in [6.07, 6.45) is 1.30. The lowest BCUT2D eigenvalue weighted by molar-refractivity contribution is -0.146. The molecule has 1 fully saturated rings. The lowest BCUT2D eigenvalue weighted by atomic mass is 10.1. The van der Waals surface area contributed by atoms with E-state index < -0.39 is 0 Å². The van der Waals surface area contributed by atoms with Gasteiger partial charge in [-0.15, -0.1) is 0 Å². The molecule has 0 aliphatic carbocycles. The maximum absolute atomic E-state index is 11.2. The van der Waals surface area contributed by atoms with E-state index in [0.29, 0.717) is 25.6 Å². The standard InChI is InChI=1S/C11H22N2O3/c1-3-9(7-12)13-4-5-16-10(8-13)6-11(14)15-2/h9-10H,3-8,12H2,1-2H3. The molecule has 1 heterocycles. The summed E-state index contributed by atoms with van der Waals surface area (Å²) in [4.78, 5) is 13.5. The van der Waals surface area contributed by atoms with Crippen LogP contribution in [0.5, 0.6) is 0 Å². The number of methoxy groups -OCH3 is 1. The quantitative estimate of drug-likeness (QED) is 0.673. The summed E-state index contributed by atoms with van der Waals surface area (Å²) in [5.41, 5.74) is 5.71. The largest absolute Gasteiger partial charge is 0.469 e. The zero-order valence-corrected chi connectivity index (χ0v) is 10.1. The molecule has 1 aliphatic heterocycles. The maximum Gasteiger partial charge on any atom is 0.308 e. The highest BCUT2D eigenvalue weighted by atomic mass is 16.5. The van der Waals surface area contributed by atoms with Crippen molar-refractivity contribution in [1.82, 2.24) is 4.90 Å². The molecule has 0 amide bonds. The molecule has 0 aromatic carbocycles. The van der Waals surface area contributed by atoms with Crippen molar-refractivity contribution in [2.24, 2.45) is 5.73 Å². The number of hydrogen-bond acceptors (Lipinski definition) is 5. The molecule has 16 heavy (non-hydrogen) atoms. The minimum Gasteiger partial charge on any atom is -0.469 e. The minimum atomic E-state index is -0.215. The number of nitrogens with two attached hydrogens (primary N) is 1. The molecule has 0 radical (unpaired) electrons. The fourth-order valence-corrected chi connectivity index (χ4v) is 2.04. The van der Waals surface area contributed by atoms with E-state index in [2.05, 4.69) is 16.6 Å². The molecular weight excluding hydrogens is 208 g/mol. The molecular formula is C11H22N2O3. The van der Waals surface area contributed by atoms with E-state index in [1.54, 1.807) is 0 Å². The van der Waals surface area contributed by atoms with Gasteiger partial charge in [0.2, 0.25) is 0 Å². The van der Waals surface area contributed by atoms with Crippen molar-refractivity contribution in [2.45, 2.75) is 31.9 Å². The van der Waals surface area contributed by atoms with Gasteiger partial charge in [0.25, 0.3) is 0 Å². The van der Waals surface area contributed by atoms with Crippen LogP contribution in [0.15, 0.2) is 0 Å². The average Bonchev–Trinajstić information content (AvgIpc) is 2.31. The van der Waals surface area contributed by atoms with Crippen LogP contribution in [0.25, 0.3) is 0 Å². The number of nitrogens with zero attached hydrogens (tertiary/aromatic N) is 1. The fourth-order valence-electron chi connectivity index (χ4n) is 2.04. The number of carbonyl (C=O) groups is 1. The molecule has 1 rings (SSSR count). The van der Waals surface area contributed by atoms with Crippen LogP contribution in [0.3, 0.4) is 0 Å². The van der Waals surface area contributed by atoms with Gasteiger partial charge in [-0.3, -0.25) is 9.69 Å². The number of hydrogen-bond donors (Lipinski definition) is 1. The zero-order valence-electron chi connectivity index (χ0n) is 10.1. The molecule has 0 aromatic rings. The second-order valence-corrected chi connectivity index (χ2v) is 4.07. The number of carbonyl (C=O) groups excluding carboxylic acids is 1. The van der Waals surface area contributed by atoms with Crippen molar-refractivity contribution in [3.05, 3.63) is 0 Å². The third-order valence-electron chi connectivity index (χ3n) is 3.05. The van der Waals surface area contributed by atoms with E-state index in [4.69, 9.17) is 10.5 Å². The number of esters is 1. The SMILES string of the molecule is CCC(CN)N1CCOC(CC(=O)OC)C1. The molecule has 2 unspecified atom stereocenters. The van der Waals surface area contributed by atoms with Gasteiger partial charge in [-0.05, 0) is 6.42 Å². The lowest BCUT2D eigenvalue weighted by Gasteiger charge is -2.37. The van der Waals surface area contributed by atoms with Gasteiger partial charge < -0.3 is 15.2 Å². The van der Waals surface area contributed by atoms with Crippen molar-refractivity contribution in [2.75, 3.05) is 33.4 Å². The van der Waals surface area contributed by atoms with Gasteiger partial charge in [-0.1, -0.05) is 6.92 Å². The van der Waals surface area contributed by atoms with E-state index >= 15 is 0 Å². The van der Waals surface area contributed by atoms with Crippen molar-refractivity contribution in [3.63, 3.8) is 0 Å². The lowest BCUT2D eigenvalue weighted by Crippen LogP contribution is -2.50. The van der Waals surface area contributed by atoms with Gasteiger partial charge in [-0.25, -0.2) is 0 Å². The van der Waals surface area contributed by atoms with E-state index in [1.807, 2.05) is 0 Å². The zero-order chi connectivity index (χ0) is 12.0. The maximum atomic E-state index is 11.2. The van der Waals surface area contributed by atoms with Crippen LogP contribution in [0, 0.1) is 0 Å².